The van der Waals surface area contributed by atoms with Gasteiger partial charge in [0.25, 0.3) is 5.91 Å². The molecule has 1 heterocycles. The number of anilines is 2. The molecular weight excluding hydrogens is 312 g/mol. The molecule has 0 aliphatic heterocycles. The molecule has 0 unspecified atom stereocenters. The van der Waals surface area contributed by atoms with E-state index in [0.29, 0.717) is 16.4 Å². The topological polar surface area (TPSA) is 58.1 Å². The summed E-state index contributed by atoms with van der Waals surface area (Å²) in [5.41, 5.74) is 0.415. The van der Waals surface area contributed by atoms with Crippen LogP contribution in [0, 0.1) is 0 Å². The SMILES string of the molecule is CCCN(CCC)c1ccc(NC(=O)c2ccccc2Cl)nn1. The van der Waals surface area contributed by atoms with Gasteiger partial charge in [-0.15, -0.1) is 10.2 Å². The fourth-order valence-corrected chi connectivity index (χ4v) is 2.49. The molecule has 1 aromatic heterocycles. The molecule has 1 aromatic carbocycles. The first kappa shape index (κ1) is 17.2. The van der Waals surface area contributed by atoms with Gasteiger partial charge in [0, 0.05) is 13.1 Å². The highest BCUT2D eigenvalue weighted by molar-refractivity contribution is 6.34. The van der Waals surface area contributed by atoms with Crippen LogP contribution >= 0.6 is 11.6 Å². The average molecular weight is 333 g/mol. The molecule has 5 nitrogen and oxygen atoms in total. The summed E-state index contributed by atoms with van der Waals surface area (Å²) >= 11 is 6.02. The van der Waals surface area contributed by atoms with Crippen molar-refractivity contribution >= 4 is 29.1 Å². The van der Waals surface area contributed by atoms with Gasteiger partial charge < -0.3 is 10.2 Å². The largest absolute Gasteiger partial charge is 0.355 e. The summed E-state index contributed by atoms with van der Waals surface area (Å²) in [6, 6.07) is 10.5. The molecule has 2 rings (SSSR count). The van der Waals surface area contributed by atoms with Gasteiger partial charge in [-0.1, -0.05) is 37.6 Å². The second-order valence-corrected chi connectivity index (χ2v) is 5.60. The Labute approximate surface area is 141 Å². The Balaban J connectivity index is 2.07. The molecule has 122 valence electrons. The molecule has 0 saturated heterocycles. The normalized spacial score (nSPS) is 10.4. The lowest BCUT2D eigenvalue weighted by Crippen LogP contribution is -2.26. The van der Waals surface area contributed by atoms with E-state index in [-0.39, 0.29) is 5.91 Å². The van der Waals surface area contributed by atoms with E-state index in [2.05, 4.69) is 34.3 Å². The minimum atomic E-state index is -0.295. The Bertz CT molecular complexity index is 639. The molecule has 0 fully saturated rings. The molecule has 0 bridgehead atoms. The van der Waals surface area contributed by atoms with Crippen molar-refractivity contribution in [2.24, 2.45) is 0 Å². The van der Waals surface area contributed by atoms with Crippen LogP contribution in [0.25, 0.3) is 0 Å². The maximum atomic E-state index is 12.2. The monoisotopic (exact) mass is 332 g/mol. The first-order valence-electron chi connectivity index (χ1n) is 7.80. The van der Waals surface area contributed by atoms with Crippen molar-refractivity contribution in [3.63, 3.8) is 0 Å². The van der Waals surface area contributed by atoms with E-state index in [1.165, 1.54) is 0 Å². The number of amides is 1. The second kappa shape index (κ2) is 8.48. The third kappa shape index (κ3) is 4.66. The van der Waals surface area contributed by atoms with Gasteiger partial charge in [0.15, 0.2) is 11.6 Å². The zero-order valence-electron chi connectivity index (χ0n) is 13.4. The van der Waals surface area contributed by atoms with Gasteiger partial charge in [0.1, 0.15) is 0 Å². The van der Waals surface area contributed by atoms with Gasteiger partial charge in [0.05, 0.1) is 10.6 Å². The van der Waals surface area contributed by atoms with Crippen molar-refractivity contribution in [2.45, 2.75) is 26.7 Å². The summed E-state index contributed by atoms with van der Waals surface area (Å²) in [4.78, 5) is 14.4. The standard InChI is InChI=1S/C17H21ClN4O/c1-3-11-22(12-4-2)16-10-9-15(20-21-16)19-17(23)13-7-5-6-8-14(13)18/h5-10H,3-4,11-12H2,1-2H3,(H,19,20,23). The van der Waals surface area contributed by atoms with Crippen LogP contribution in [0.3, 0.4) is 0 Å². The molecule has 1 amide bonds. The maximum absolute atomic E-state index is 12.2. The lowest BCUT2D eigenvalue weighted by molar-refractivity contribution is 0.102. The molecule has 0 spiro atoms. The van der Waals surface area contributed by atoms with Crippen LogP contribution in [-0.2, 0) is 0 Å². The number of carbonyl (C=O) groups excluding carboxylic acids is 1. The Morgan fingerprint density at radius 3 is 2.35 bits per heavy atom. The van der Waals surface area contributed by atoms with Crippen molar-refractivity contribution in [2.75, 3.05) is 23.3 Å². The number of hydrogen-bond acceptors (Lipinski definition) is 4. The second-order valence-electron chi connectivity index (χ2n) is 5.20. The number of benzene rings is 1. The molecule has 1 N–H and O–H groups in total. The van der Waals surface area contributed by atoms with Gasteiger partial charge in [-0.2, -0.15) is 0 Å². The zero-order chi connectivity index (χ0) is 16.7. The quantitative estimate of drug-likeness (QED) is 0.832. The number of rotatable bonds is 7. The van der Waals surface area contributed by atoms with Gasteiger partial charge in [0.2, 0.25) is 0 Å². The Kier molecular flexibility index (Phi) is 6.35. The number of nitrogens with zero attached hydrogens (tertiary/aromatic N) is 3. The van der Waals surface area contributed by atoms with Crippen molar-refractivity contribution in [3.8, 4) is 0 Å². The summed E-state index contributed by atoms with van der Waals surface area (Å²) in [5.74, 6) is 0.938. The Hall–Kier alpha value is -2.14. The van der Waals surface area contributed by atoms with Gasteiger partial charge in [-0.05, 0) is 37.1 Å². The van der Waals surface area contributed by atoms with Gasteiger partial charge in [-0.3, -0.25) is 4.79 Å². The Morgan fingerprint density at radius 1 is 1.09 bits per heavy atom. The lowest BCUT2D eigenvalue weighted by Gasteiger charge is -2.21. The number of carbonyl (C=O) groups is 1. The third-order valence-electron chi connectivity index (χ3n) is 3.32. The van der Waals surface area contributed by atoms with Gasteiger partial charge in [-0.25, -0.2) is 0 Å². The zero-order valence-corrected chi connectivity index (χ0v) is 14.2. The van der Waals surface area contributed by atoms with E-state index in [9.17, 15) is 4.79 Å². The third-order valence-corrected chi connectivity index (χ3v) is 3.65. The lowest BCUT2D eigenvalue weighted by atomic mass is 10.2. The average Bonchev–Trinajstić information content (AvgIpc) is 2.56. The molecule has 6 heteroatoms. The molecule has 23 heavy (non-hydrogen) atoms. The molecular formula is C17H21ClN4O. The first-order valence-corrected chi connectivity index (χ1v) is 8.18. The van der Waals surface area contributed by atoms with Crippen molar-refractivity contribution in [1.82, 2.24) is 10.2 Å². The van der Waals surface area contributed by atoms with E-state index in [0.717, 1.165) is 31.7 Å². The van der Waals surface area contributed by atoms with Crippen LogP contribution in [0.1, 0.15) is 37.0 Å². The van der Waals surface area contributed by atoms with E-state index in [1.54, 1.807) is 30.3 Å². The first-order chi connectivity index (χ1) is 11.2. The van der Waals surface area contributed by atoms with E-state index in [4.69, 9.17) is 11.6 Å². The number of aromatic nitrogens is 2. The minimum Gasteiger partial charge on any atom is -0.355 e. The number of nitrogens with one attached hydrogen (secondary N) is 1. The smallest absolute Gasteiger partial charge is 0.258 e. The Morgan fingerprint density at radius 2 is 1.78 bits per heavy atom. The minimum absolute atomic E-state index is 0.295. The van der Waals surface area contributed by atoms with E-state index >= 15 is 0 Å². The predicted molar refractivity (Wildman–Crippen MR) is 94.2 cm³/mol. The van der Waals surface area contributed by atoms with Crippen LogP contribution < -0.4 is 10.2 Å². The number of hydrogen-bond donors (Lipinski definition) is 1. The molecule has 0 aliphatic carbocycles. The van der Waals surface area contributed by atoms with Gasteiger partial charge >= 0.3 is 0 Å². The molecule has 0 saturated carbocycles. The maximum Gasteiger partial charge on any atom is 0.258 e. The van der Waals surface area contributed by atoms with E-state index < -0.39 is 0 Å². The predicted octanol–water partition coefficient (Wildman–Crippen LogP) is 4.01. The summed E-state index contributed by atoms with van der Waals surface area (Å²) in [6.45, 7) is 6.14. The van der Waals surface area contributed by atoms with Crippen LogP contribution in [0.2, 0.25) is 5.02 Å². The molecule has 0 aliphatic rings. The summed E-state index contributed by atoms with van der Waals surface area (Å²) in [7, 11) is 0. The fraction of sp³-hybridized carbons (Fsp3) is 0.353. The summed E-state index contributed by atoms with van der Waals surface area (Å²) in [5, 5.41) is 11.4. The summed E-state index contributed by atoms with van der Waals surface area (Å²) in [6.07, 6.45) is 2.10. The fourth-order valence-electron chi connectivity index (χ4n) is 2.27. The van der Waals surface area contributed by atoms with E-state index in [1.807, 2.05) is 6.07 Å². The van der Waals surface area contributed by atoms with Crippen molar-refractivity contribution in [1.29, 1.82) is 0 Å². The van der Waals surface area contributed by atoms with Crippen LogP contribution in [0.15, 0.2) is 36.4 Å². The van der Waals surface area contributed by atoms with Crippen molar-refractivity contribution < 1.29 is 4.79 Å². The van der Waals surface area contributed by atoms with Crippen molar-refractivity contribution in [3.05, 3.63) is 47.0 Å². The van der Waals surface area contributed by atoms with Crippen LogP contribution in [0.4, 0.5) is 11.6 Å². The highest BCUT2D eigenvalue weighted by Crippen LogP contribution is 2.17. The molecule has 0 radical (unpaired) electrons. The molecule has 2 aromatic rings. The number of halogens is 1. The van der Waals surface area contributed by atoms with Crippen LogP contribution in [0.5, 0.6) is 0 Å². The highest BCUT2D eigenvalue weighted by Gasteiger charge is 2.12. The molecule has 0 atom stereocenters. The highest BCUT2D eigenvalue weighted by atomic mass is 35.5. The van der Waals surface area contributed by atoms with Crippen LogP contribution in [-0.4, -0.2) is 29.2 Å². The summed E-state index contributed by atoms with van der Waals surface area (Å²) < 4.78 is 0.